The van der Waals surface area contributed by atoms with Gasteiger partial charge in [-0.25, -0.2) is 4.68 Å². The Morgan fingerprint density at radius 1 is 1.39 bits per heavy atom. The molecule has 122 valence electrons. The van der Waals surface area contributed by atoms with E-state index in [1.54, 1.807) is 18.2 Å². The summed E-state index contributed by atoms with van der Waals surface area (Å²) in [6, 6.07) is 7.54. The van der Waals surface area contributed by atoms with Crippen molar-refractivity contribution in [3.63, 3.8) is 0 Å². The van der Waals surface area contributed by atoms with Crippen LogP contribution < -0.4 is 5.32 Å². The first kappa shape index (κ1) is 16.3. The van der Waals surface area contributed by atoms with Crippen molar-refractivity contribution in [1.82, 2.24) is 20.2 Å². The van der Waals surface area contributed by atoms with Crippen LogP contribution in [0.3, 0.4) is 0 Å². The average molecular weight is 352 g/mol. The molecule has 0 unspecified atom stereocenters. The molecule has 3 rings (SSSR count). The van der Waals surface area contributed by atoms with Crippen LogP contribution >= 0.6 is 23.4 Å². The lowest BCUT2D eigenvalue weighted by Gasteiger charge is -2.11. The van der Waals surface area contributed by atoms with Crippen LogP contribution in [0.15, 0.2) is 24.3 Å². The van der Waals surface area contributed by atoms with Crippen LogP contribution in [-0.2, 0) is 10.5 Å². The first-order valence-corrected chi connectivity index (χ1v) is 9.15. The fraction of sp³-hybridized carbons (Fsp3) is 0.467. The number of carbonyl (C=O) groups excluding carboxylic acids is 1. The highest BCUT2D eigenvalue weighted by atomic mass is 35.5. The molecule has 2 aromatic rings. The van der Waals surface area contributed by atoms with Crippen LogP contribution in [0.1, 0.15) is 37.5 Å². The van der Waals surface area contributed by atoms with Crippen molar-refractivity contribution in [2.75, 3.05) is 11.1 Å². The molecule has 1 amide bonds. The monoisotopic (exact) mass is 351 g/mol. The van der Waals surface area contributed by atoms with E-state index in [0.29, 0.717) is 28.3 Å². The quantitative estimate of drug-likeness (QED) is 0.864. The molecule has 1 aromatic heterocycles. The molecule has 0 saturated heterocycles. The average Bonchev–Trinajstić information content (AvgIpc) is 3.17. The minimum atomic E-state index is -0.0582. The third-order valence-electron chi connectivity index (χ3n) is 3.80. The maximum atomic E-state index is 12.0. The normalized spacial score (nSPS) is 15.0. The predicted molar refractivity (Wildman–Crippen MR) is 91.6 cm³/mol. The molecule has 0 atom stereocenters. The highest BCUT2D eigenvalue weighted by molar-refractivity contribution is 7.99. The molecule has 1 fully saturated rings. The highest BCUT2D eigenvalue weighted by Crippen LogP contribution is 2.29. The van der Waals surface area contributed by atoms with Crippen molar-refractivity contribution in [2.45, 2.75) is 37.5 Å². The van der Waals surface area contributed by atoms with E-state index in [1.807, 2.05) is 10.7 Å². The zero-order chi connectivity index (χ0) is 16.1. The van der Waals surface area contributed by atoms with Crippen molar-refractivity contribution < 1.29 is 4.79 Å². The first-order valence-electron chi connectivity index (χ1n) is 7.62. The second-order valence-electron chi connectivity index (χ2n) is 5.53. The molecular formula is C15H18ClN5OS. The number of tetrazole rings is 1. The Morgan fingerprint density at radius 2 is 2.22 bits per heavy atom. The summed E-state index contributed by atoms with van der Waals surface area (Å²) >= 11 is 7.41. The first-order chi connectivity index (χ1) is 11.2. The number of anilines is 1. The van der Waals surface area contributed by atoms with Gasteiger partial charge in [0.25, 0.3) is 0 Å². The molecule has 23 heavy (non-hydrogen) atoms. The summed E-state index contributed by atoms with van der Waals surface area (Å²) in [6.07, 6.45) is 4.74. The summed E-state index contributed by atoms with van der Waals surface area (Å²) in [6.45, 7) is 0. The maximum Gasteiger partial charge on any atom is 0.234 e. The number of hydrogen-bond acceptors (Lipinski definition) is 5. The standard InChI is InChI=1S/C15H18ClN5OS/c16-11-4-3-5-12(8-11)17-15(22)10-23-9-14-18-19-20-21(14)13-6-1-2-7-13/h3-5,8,13H,1-2,6-7,9-10H2,(H,17,22). The van der Waals surface area contributed by atoms with Crippen LogP contribution in [0, 0.1) is 0 Å². The van der Waals surface area contributed by atoms with Crippen LogP contribution in [-0.4, -0.2) is 31.9 Å². The van der Waals surface area contributed by atoms with E-state index in [1.165, 1.54) is 24.6 Å². The Kier molecular flexibility index (Phi) is 5.51. The van der Waals surface area contributed by atoms with Gasteiger partial charge in [-0.1, -0.05) is 30.5 Å². The fourth-order valence-electron chi connectivity index (χ4n) is 2.74. The molecule has 8 heteroatoms. The smallest absolute Gasteiger partial charge is 0.234 e. The van der Waals surface area contributed by atoms with Gasteiger partial charge in [0.05, 0.1) is 17.5 Å². The molecule has 0 bridgehead atoms. The van der Waals surface area contributed by atoms with Gasteiger partial charge >= 0.3 is 0 Å². The van der Waals surface area contributed by atoms with Gasteiger partial charge < -0.3 is 5.32 Å². The summed E-state index contributed by atoms with van der Waals surface area (Å²) in [4.78, 5) is 12.0. The van der Waals surface area contributed by atoms with Crippen LogP contribution in [0.25, 0.3) is 0 Å². The summed E-state index contributed by atoms with van der Waals surface area (Å²) in [7, 11) is 0. The number of benzene rings is 1. The summed E-state index contributed by atoms with van der Waals surface area (Å²) in [5, 5.41) is 15.4. The second-order valence-corrected chi connectivity index (χ2v) is 6.95. The Labute approximate surface area is 144 Å². The lowest BCUT2D eigenvalue weighted by molar-refractivity contribution is -0.113. The lowest BCUT2D eigenvalue weighted by Crippen LogP contribution is -2.15. The zero-order valence-electron chi connectivity index (χ0n) is 12.6. The second kappa shape index (κ2) is 7.79. The van der Waals surface area contributed by atoms with Gasteiger partial charge in [-0.2, -0.15) is 0 Å². The van der Waals surface area contributed by atoms with Crippen LogP contribution in [0.4, 0.5) is 5.69 Å². The van der Waals surface area contributed by atoms with Gasteiger partial charge in [-0.05, 0) is 41.5 Å². The molecule has 1 aliphatic carbocycles. The largest absolute Gasteiger partial charge is 0.325 e. The Hall–Kier alpha value is -1.60. The van der Waals surface area contributed by atoms with Crippen molar-refractivity contribution in [3.8, 4) is 0 Å². The fourth-order valence-corrected chi connectivity index (χ4v) is 3.66. The number of rotatable bonds is 6. The van der Waals surface area contributed by atoms with Gasteiger partial charge in [0.2, 0.25) is 5.91 Å². The SMILES string of the molecule is O=C(CSCc1nnnn1C1CCCC1)Nc1cccc(Cl)c1. The number of hydrogen-bond donors (Lipinski definition) is 1. The Bertz CT molecular complexity index is 671. The molecule has 0 spiro atoms. The zero-order valence-corrected chi connectivity index (χ0v) is 14.2. The van der Waals surface area contributed by atoms with Crippen molar-refractivity contribution in [1.29, 1.82) is 0 Å². The summed E-state index contributed by atoms with van der Waals surface area (Å²) in [5.41, 5.74) is 0.707. The number of aromatic nitrogens is 4. The maximum absolute atomic E-state index is 12.0. The summed E-state index contributed by atoms with van der Waals surface area (Å²) in [5.74, 6) is 1.77. The van der Waals surface area contributed by atoms with Gasteiger partial charge in [0.15, 0.2) is 5.82 Å². The van der Waals surface area contributed by atoms with E-state index < -0.39 is 0 Å². The van der Waals surface area contributed by atoms with E-state index in [9.17, 15) is 4.79 Å². The molecule has 1 aromatic carbocycles. The lowest BCUT2D eigenvalue weighted by atomic mass is 10.2. The number of thioether (sulfide) groups is 1. The number of carbonyl (C=O) groups is 1. The third-order valence-corrected chi connectivity index (χ3v) is 4.97. The summed E-state index contributed by atoms with van der Waals surface area (Å²) < 4.78 is 1.93. The Morgan fingerprint density at radius 3 is 3.00 bits per heavy atom. The topological polar surface area (TPSA) is 72.7 Å². The minimum Gasteiger partial charge on any atom is -0.325 e. The predicted octanol–water partition coefficient (Wildman–Crippen LogP) is 3.31. The van der Waals surface area contributed by atoms with E-state index in [4.69, 9.17) is 11.6 Å². The number of nitrogens with zero attached hydrogens (tertiary/aromatic N) is 4. The molecule has 1 N–H and O–H groups in total. The molecule has 6 nitrogen and oxygen atoms in total. The molecule has 0 radical (unpaired) electrons. The third kappa shape index (κ3) is 4.45. The highest BCUT2D eigenvalue weighted by Gasteiger charge is 2.21. The van der Waals surface area contributed by atoms with Crippen LogP contribution in [0.2, 0.25) is 5.02 Å². The molecule has 1 saturated carbocycles. The van der Waals surface area contributed by atoms with Gasteiger partial charge in [0.1, 0.15) is 0 Å². The molecule has 1 aliphatic rings. The van der Waals surface area contributed by atoms with Crippen molar-refractivity contribution in [2.24, 2.45) is 0 Å². The van der Waals surface area contributed by atoms with Crippen molar-refractivity contribution >= 4 is 35.0 Å². The van der Waals surface area contributed by atoms with E-state index >= 15 is 0 Å². The molecule has 0 aliphatic heterocycles. The Balaban J connectivity index is 1.48. The minimum absolute atomic E-state index is 0.0582. The van der Waals surface area contributed by atoms with E-state index in [0.717, 1.165) is 18.7 Å². The van der Waals surface area contributed by atoms with E-state index in [2.05, 4.69) is 20.8 Å². The van der Waals surface area contributed by atoms with Gasteiger partial charge in [0, 0.05) is 10.7 Å². The van der Waals surface area contributed by atoms with Crippen molar-refractivity contribution in [3.05, 3.63) is 35.1 Å². The van der Waals surface area contributed by atoms with E-state index in [-0.39, 0.29) is 5.91 Å². The molecular weight excluding hydrogens is 334 g/mol. The van der Waals surface area contributed by atoms with Gasteiger partial charge in [-0.3, -0.25) is 4.79 Å². The molecule has 1 heterocycles. The number of halogens is 1. The number of nitrogens with one attached hydrogen (secondary N) is 1. The van der Waals surface area contributed by atoms with Gasteiger partial charge in [-0.15, -0.1) is 16.9 Å². The van der Waals surface area contributed by atoms with Crippen LogP contribution in [0.5, 0.6) is 0 Å². The number of amides is 1.